The molecule has 11 nitrogen and oxygen atoms in total. The van der Waals surface area contributed by atoms with Gasteiger partial charge < -0.3 is 49.6 Å². The maximum Gasteiger partial charge on any atom is 0.189 e. The van der Waals surface area contributed by atoms with Gasteiger partial charge in [-0.2, -0.15) is 5.26 Å². The number of hydrogen-bond donors (Lipinski definition) is 6. The number of rotatable bonds is 5. The highest BCUT2D eigenvalue weighted by Crippen LogP contribution is 2.34. The maximum atomic E-state index is 10.1. The van der Waals surface area contributed by atoms with E-state index in [0.717, 1.165) is 0 Å². The highest BCUT2D eigenvalue weighted by Gasteiger charge is 2.49. The molecule has 0 spiro atoms. The summed E-state index contributed by atoms with van der Waals surface area (Å²) in [5.41, 5.74) is -1.54. The lowest BCUT2D eigenvalue weighted by molar-refractivity contribution is -0.317. The molecule has 0 bridgehead atoms. The summed E-state index contributed by atoms with van der Waals surface area (Å²) in [6.45, 7) is 0.993. The van der Waals surface area contributed by atoms with Gasteiger partial charge in [-0.25, -0.2) is 0 Å². The smallest absolute Gasteiger partial charge is 0.189 e. The van der Waals surface area contributed by atoms with Crippen molar-refractivity contribution in [3.05, 3.63) is 12.2 Å². The van der Waals surface area contributed by atoms with E-state index in [1.807, 2.05) is 6.07 Å². The summed E-state index contributed by atoms with van der Waals surface area (Å²) in [7, 11) is 0. The van der Waals surface area contributed by atoms with E-state index in [9.17, 15) is 35.9 Å². The standard InChI is InChI=1S/C18H27NO10/c1-8-13(22)10(21)4-12(26-8)27-9-2-3-18(5-9,7-19)29-17-16(25)15(24)14(23)11(6-20)28-17/h2-3,8-17,20-25H,4-6H2,1H3/t8-,9-,10-,11+,12+,13-,14+,15-,16+,17-,18+/m1/s1. The van der Waals surface area contributed by atoms with Crippen molar-refractivity contribution in [2.45, 2.75) is 86.8 Å². The van der Waals surface area contributed by atoms with E-state index >= 15 is 0 Å². The Labute approximate surface area is 167 Å². The maximum absolute atomic E-state index is 10.1. The van der Waals surface area contributed by atoms with Crippen LogP contribution in [0.4, 0.5) is 0 Å². The summed E-state index contributed by atoms with van der Waals surface area (Å²) < 4.78 is 22.2. The van der Waals surface area contributed by atoms with Crippen molar-refractivity contribution < 1.29 is 49.6 Å². The van der Waals surface area contributed by atoms with Gasteiger partial charge in [-0.3, -0.25) is 0 Å². The minimum Gasteiger partial charge on any atom is -0.394 e. The van der Waals surface area contributed by atoms with Gasteiger partial charge in [0.2, 0.25) is 0 Å². The summed E-state index contributed by atoms with van der Waals surface area (Å²) >= 11 is 0. The molecule has 0 amide bonds. The molecule has 3 rings (SSSR count). The normalized spacial score (nSPS) is 50.4. The number of nitrogens with zero attached hydrogens (tertiary/aromatic N) is 1. The molecular formula is C18H27NO10. The molecular weight excluding hydrogens is 390 g/mol. The number of hydrogen-bond acceptors (Lipinski definition) is 11. The van der Waals surface area contributed by atoms with Crippen LogP contribution in [0.15, 0.2) is 12.2 Å². The molecule has 6 N–H and O–H groups in total. The number of ether oxygens (including phenoxy) is 4. The summed E-state index contributed by atoms with van der Waals surface area (Å²) in [6, 6.07) is 1.98. The van der Waals surface area contributed by atoms with Gasteiger partial charge in [-0.15, -0.1) is 0 Å². The largest absolute Gasteiger partial charge is 0.394 e. The van der Waals surface area contributed by atoms with Crippen LogP contribution in [0.25, 0.3) is 0 Å². The monoisotopic (exact) mass is 417 g/mol. The summed E-state index contributed by atoms with van der Waals surface area (Å²) in [5, 5.41) is 68.3. The first kappa shape index (κ1) is 22.5. The van der Waals surface area contributed by atoms with E-state index in [1.54, 1.807) is 13.0 Å². The predicted molar refractivity (Wildman–Crippen MR) is 92.8 cm³/mol. The lowest BCUT2D eigenvalue weighted by Crippen LogP contribution is -2.60. The Hall–Kier alpha value is -1.17. The van der Waals surface area contributed by atoms with Gasteiger partial charge in [0.05, 0.1) is 24.9 Å². The fourth-order valence-corrected chi connectivity index (χ4v) is 3.67. The molecule has 1 aliphatic carbocycles. The zero-order valence-corrected chi connectivity index (χ0v) is 15.8. The first-order valence-electron chi connectivity index (χ1n) is 9.45. The molecule has 11 atom stereocenters. The molecule has 0 saturated carbocycles. The van der Waals surface area contributed by atoms with Crippen LogP contribution in [0.3, 0.4) is 0 Å². The third-order valence-corrected chi connectivity index (χ3v) is 5.45. The predicted octanol–water partition coefficient (Wildman–Crippen LogP) is -2.73. The van der Waals surface area contributed by atoms with Gasteiger partial charge >= 0.3 is 0 Å². The lowest BCUT2D eigenvalue weighted by atomic mass is 9.98. The molecule has 0 aromatic heterocycles. The number of aliphatic hydroxyl groups excluding tert-OH is 6. The summed E-state index contributed by atoms with van der Waals surface area (Å²) in [4.78, 5) is 0. The SMILES string of the molecule is C[C@H]1O[C@@H](O[C@@H]2C=C[C@](C#N)(O[C@H]3O[C@@H](CO)[C@H](O)[C@@H](O)[C@@H]3O)C2)C[C@@H](O)[C@@H]1O. The van der Waals surface area contributed by atoms with Crippen LogP contribution in [-0.4, -0.2) is 104 Å². The van der Waals surface area contributed by atoms with Crippen molar-refractivity contribution in [2.24, 2.45) is 0 Å². The highest BCUT2D eigenvalue weighted by atomic mass is 16.7. The van der Waals surface area contributed by atoms with Gasteiger partial charge in [-0.1, -0.05) is 6.08 Å². The molecule has 2 saturated heterocycles. The van der Waals surface area contributed by atoms with E-state index in [2.05, 4.69) is 0 Å². The fourth-order valence-electron chi connectivity index (χ4n) is 3.67. The van der Waals surface area contributed by atoms with Crippen molar-refractivity contribution in [1.29, 1.82) is 5.26 Å². The average Bonchev–Trinajstić information content (AvgIpc) is 3.09. The van der Waals surface area contributed by atoms with E-state index in [-0.39, 0.29) is 12.8 Å². The highest BCUT2D eigenvalue weighted by molar-refractivity contribution is 5.24. The molecule has 164 valence electrons. The topological polar surface area (TPSA) is 182 Å². The first-order valence-corrected chi connectivity index (χ1v) is 9.45. The van der Waals surface area contributed by atoms with Crippen LogP contribution in [0.2, 0.25) is 0 Å². The molecule has 0 radical (unpaired) electrons. The quantitative estimate of drug-likeness (QED) is 0.255. The van der Waals surface area contributed by atoms with Gasteiger partial charge in [-0.05, 0) is 13.0 Å². The molecule has 11 heteroatoms. The number of nitriles is 1. The van der Waals surface area contributed by atoms with E-state index < -0.39 is 73.6 Å². The fraction of sp³-hybridized carbons (Fsp3) is 0.833. The zero-order chi connectivity index (χ0) is 21.3. The Morgan fingerprint density at radius 2 is 1.83 bits per heavy atom. The van der Waals surface area contributed by atoms with Crippen LogP contribution < -0.4 is 0 Å². The van der Waals surface area contributed by atoms with Crippen LogP contribution in [0.1, 0.15) is 19.8 Å². The lowest BCUT2D eigenvalue weighted by Gasteiger charge is -2.41. The van der Waals surface area contributed by atoms with Crippen LogP contribution in [0, 0.1) is 11.3 Å². The first-order chi connectivity index (χ1) is 13.7. The van der Waals surface area contributed by atoms with Crippen LogP contribution >= 0.6 is 0 Å². The van der Waals surface area contributed by atoms with Crippen molar-refractivity contribution in [2.75, 3.05) is 6.61 Å². The molecule has 2 fully saturated rings. The van der Waals surface area contributed by atoms with E-state index in [4.69, 9.17) is 18.9 Å². The Kier molecular flexibility index (Phi) is 6.91. The molecule has 0 aromatic rings. The molecule has 2 aliphatic heterocycles. The molecule has 2 heterocycles. The second-order valence-corrected chi connectivity index (χ2v) is 7.62. The minimum atomic E-state index is -1.63. The van der Waals surface area contributed by atoms with Gasteiger partial charge in [0.15, 0.2) is 18.2 Å². The van der Waals surface area contributed by atoms with Crippen molar-refractivity contribution in [3.8, 4) is 6.07 Å². The Balaban J connectivity index is 1.62. The Bertz CT molecular complexity index is 627. The summed E-state index contributed by atoms with van der Waals surface area (Å²) in [5.74, 6) is 0. The van der Waals surface area contributed by atoms with E-state index in [0.29, 0.717) is 0 Å². The van der Waals surface area contributed by atoms with Crippen LogP contribution in [0.5, 0.6) is 0 Å². The molecule has 29 heavy (non-hydrogen) atoms. The van der Waals surface area contributed by atoms with E-state index in [1.165, 1.54) is 6.08 Å². The summed E-state index contributed by atoms with van der Waals surface area (Å²) in [6.07, 6.45) is -8.37. The van der Waals surface area contributed by atoms with Crippen molar-refractivity contribution >= 4 is 0 Å². The Morgan fingerprint density at radius 3 is 2.45 bits per heavy atom. The second-order valence-electron chi connectivity index (χ2n) is 7.62. The van der Waals surface area contributed by atoms with Crippen molar-refractivity contribution in [3.63, 3.8) is 0 Å². The zero-order valence-electron chi connectivity index (χ0n) is 15.8. The van der Waals surface area contributed by atoms with Crippen LogP contribution in [-0.2, 0) is 18.9 Å². The minimum absolute atomic E-state index is 0.0193. The van der Waals surface area contributed by atoms with Gasteiger partial charge in [0, 0.05) is 12.8 Å². The molecule has 0 aromatic carbocycles. The molecule has 3 aliphatic rings. The average molecular weight is 417 g/mol. The van der Waals surface area contributed by atoms with Gasteiger partial charge in [0.1, 0.15) is 36.6 Å². The van der Waals surface area contributed by atoms with Gasteiger partial charge in [0.25, 0.3) is 0 Å². The third kappa shape index (κ3) is 4.62. The second kappa shape index (κ2) is 8.91. The van der Waals surface area contributed by atoms with Crippen molar-refractivity contribution in [1.82, 2.24) is 0 Å². The molecule has 0 unspecified atom stereocenters. The number of aliphatic hydroxyl groups is 6. The Morgan fingerprint density at radius 1 is 1.10 bits per heavy atom. The third-order valence-electron chi connectivity index (χ3n) is 5.45.